The molecule has 0 spiro atoms. The molecule has 1 aromatic rings. The highest BCUT2D eigenvalue weighted by Gasteiger charge is 2.10. The first kappa shape index (κ1) is 12.1. The average molecular weight is 225 g/mol. The van der Waals surface area contributed by atoms with E-state index in [1.807, 2.05) is 31.2 Å². The molecule has 0 aliphatic heterocycles. The first-order valence-electron chi connectivity index (χ1n) is 4.78. The Morgan fingerprint density at radius 1 is 1.53 bits per heavy atom. The Morgan fingerprint density at radius 3 is 2.80 bits per heavy atom. The number of aliphatic carboxylic acids is 1. The molecular weight excluding hydrogens is 210 g/mol. The molecule has 0 saturated carbocycles. The highest BCUT2D eigenvalue weighted by atomic mass is 32.2. The van der Waals surface area contributed by atoms with Crippen LogP contribution in [0.3, 0.4) is 0 Å². The number of hydrogen-bond donors (Lipinski definition) is 2. The van der Waals surface area contributed by atoms with E-state index in [4.69, 9.17) is 10.8 Å². The maximum atomic E-state index is 10.5. The Bertz CT molecular complexity index is 341. The Balaban J connectivity index is 2.38. The maximum absolute atomic E-state index is 10.5. The summed E-state index contributed by atoms with van der Waals surface area (Å²) in [5, 5.41) is 8.60. The fourth-order valence-corrected chi connectivity index (χ4v) is 2.20. The van der Waals surface area contributed by atoms with E-state index in [1.165, 1.54) is 10.5 Å². The minimum atomic E-state index is -0.930. The molecule has 1 rings (SSSR count). The van der Waals surface area contributed by atoms with Crippen molar-refractivity contribution in [3.63, 3.8) is 0 Å². The molecule has 4 heteroatoms. The fraction of sp³-hybridized carbons (Fsp3) is 0.364. The molecule has 82 valence electrons. The van der Waals surface area contributed by atoms with Crippen LogP contribution in [0.5, 0.6) is 0 Å². The third-order valence-corrected chi connectivity index (χ3v) is 3.31. The minimum Gasteiger partial charge on any atom is -0.480 e. The number of carbonyl (C=O) groups is 1. The molecular formula is C11H15NO2S. The Labute approximate surface area is 93.7 Å². The van der Waals surface area contributed by atoms with Crippen molar-refractivity contribution in [2.75, 3.05) is 5.75 Å². The summed E-state index contributed by atoms with van der Waals surface area (Å²) in [6.07, 6.45) is 0.494. The van der Waals surface area contributed by atoms with Gasteiger partial charge in [-0.25, -0.2) is 0 Å². The molecule has 0 saturated heterocycles. The van der Waals surface area contributed by atoms with E-state index in [0.717, 1.165) is 5.75 Å². The van der Waals surface area contributed by atoms with Gasteiger partial charge in [-0.05, 0) is 25.0 Å². The van der Waals surface area contributed by atoms with E-state index in [-0.39, 0.29) is 0 Å². The second kappa shape index (κ2) is 5.78. The van der Waals surface area contributed by atoms with Gasteiger partial charge >= 0.3 is 5.97 Å². The Hall–Kier alpha value is -1.00. The topological polar surface area (TPSA) is 63.3 Å². The molecule has 0 fully saturated rings. The van der Waals surface area contributed by atoms with Crippen LogP contribution in [-0.2, 0) is 4.79 Å². The van der Waals surface area contributed by atoms with Crippen LogP contribution in [0.2, 0.25) is 0 Å². The third kappa shape index (κ3) is 3.93. The smallest absolute Gasteiger partial charge is 0.320 e. The van der Waals surface area contributed by atoms with Crippen molar-refractivity contribution >= 4 is 17.7 Å². The summed E-state index contributed by atoms with van der Waals surface area (Å²) in [6.45, 7) is 2.04. The zero-order valence-electron chi connectivity index (χ0n) is 8.64. The maximum Gasteiger partial charge on any atom is 0.320 e. The first-order valence-corrected chi connectivity index (χ1v) is 5.76. The molecule has 0 aromatic heterocycles. The number of nitrogens with two attached hydrogens (primary N) is 1. The highest BCUT2D eigenvalue weighted by molar-refractivity contribution is 7.99. The van der Waals surface area contributed by atoms with Crippen molar-refractivity contribution < 1.29 is 9.90 Å². The van der Waals surface area contributed by atoms with E-state index in [9.17, 15) is 4.79 Å². The number of hydrogen-bond acceptors (Lipinski definition) is 3. The first-order chi connectivity index (χ1) is 7.11. The van der Waals surface area contributed by atoms with E-state index in [0.29, 0.717) is 6.42 Å². The van der Waals surface area contributed by atoms with Gasteiger partial charge in [-0.1, -0.05) is 18.2 Å². The number of carboxylic acids is 1. The summed E-state index contributed by atoms with van der Waals surface area (Å²) in [5.74, 6) is -0.196. The van der Waals surface area contributed by atoms with Gasteiger partial charge in [0.2, 0.25) is 0 Å². The van der Waals surface area contributed by atoms with Gasteiger partial charge in [0.1, 0.15) is 6.04 Å². The standard InChI is InChI=1S/C11H15NO2S/c1-8-4-2-3-5-10(8)15-7-6-9(12)11(13)14/h2-5,9H,6-7,12H2,1H3,(H,13,14). The van der Waals surface area contributed by atoms with Crippen LogP contribution < -0.4 is 5.73 Å². The summed E-state index contributed by atoms with van der Waals surface area (Å²) in [6, 6.07) is 7.29. The van der Waals surface area contributed by atoms with Gasteiger partial charge in [0.25, 0.3) is 0 Å². The molecule has 1 atom stereocenters. The van der Waals surface area contributed by atoms with Gasteiger partial charge < -0.3 is 10.8 Å². The SMILES string of the molecule is Cc1ccccc1SCCC(N)C(=O)O. The van der Waals surface area contributed by atoms with Crippen LogP contribution in [0.25, 0.3) is 0 Å². The lowest BCUT2D eigenvalue weighted by Gasteiger charge is -2.07. The van der Waals surface area contributed by atoms with Crippen molar-refractivity contribution in [3.8, 4) is 0 Å². The summed E-state index contributed by atoms with van der Waals surface area (Å²) >= 11 is 1.65. The largest absolute Gasteiger partial charge is 0.480 e. The van der Waals surface area contributed by atoms with Gasteiger partial charge in [-0.3, -0.25) is 4.79 Å². The third-order valence-electron chi connectivity index (χ3n) is 2.10. The molecule has 0 radical (unpaired) electrons. The predicted octanol–water partition coefficient (Wildman–Crippen LogP) is 1.89. The second-order valence-electron chi connectivity index (χ2n) is 3.35. The zero-order valence-corrected chi connectivity index (χ0v) is 9.46. The molecule has 1 unspecified atom stereocenters. The minimum absolute atomic E-state index is 0.494. The summed E-state index contributed by atoms with van der Waals surface area (Å²) in [4.78, 5) is 11.7. The molecule has 0 heterocycles. The van der Waals surface area contributed by atoms with Crippen LogP contribution >= 0.6 is 11.8 Å². The van der Waals surface area contributed by atoms with E-state index in [1.54, 1.807) is 11.8 Å². The lowest BCUT2D eigenvalue weighted by Crippen LogP contribution is -2.30. The number of aryl methyl sites for hydroxylation is 1. The van der Waals surface area contributed by atoms with Crippen LogP contribution in [-0.4, -0.2) is 22.9 Å². The van der Waals surface area contributed by atoms with E-state index >= 15 is 0 Å². The Morgan fingerprint density at radius 2 is 2.20 bits per heavy atom. The number of thioether (sulfide) groups is 1. The average Bonchev–Trinajstić information content (AvgIpc) is 2.20. The van der Waals surface area contributed by atoms with Crippen molar-refractivity contribution in [1.29, 1.82) is 0 Å². The molecule has 3 N–H and O–H groups in total. The van der Waals surface area contributed by atoms with Crippen molar-refractivity contribution in [3.05, 3.63) is 29.8 Å². The zero-order chi connectivity index (χ0) is 11.3. The lowest BCUT2D eigenvalue weighted by molar-refractivity contribution is -0.138. The number of benzene rings is 1. The molecule has 3 nitrogen and oxygen atoms in total. The quantitative estimate of drug-likeness (QED) is 0.751. The van der Waals surface area contributed by atoms with Gasteiger partial charge in [-0.2, -0.15) is 0 Å². The second-order valence-corrected chi connectivity index (χ2v) is 4.48. The van der Waals surface area contributed by atoms with Gasteiger partial charge in [0.15, 0.2) is 0 Å². The van der Waals surface area contributed by atoms with Crippen molar-refractivity contribution in [1.82, 2.24) is 0 Å². The van der Waals surface area contributed by atoms with Crippen molar-refractivity contribution in [2.24, 2.45) is 5.73 Å². The fourth-order valence-electron chi connectivity index (χ4n) is 1.14. The summed E-state index contributed by atoms with van der Waals surface area (Å²) in [5.41, 5.74) is 6.62. The van der Waals surface area contributed by atoms with Crippen LogP contribution in [0, 0.1) is 6.92 Å². The normalized spacial score (nSPS) is 12.4. The van der Waals surface area contributed by atoms with Gasteiger partial charge in [-0.15, -0.1) is 11.8 Å². The van der Waals surface area contributed by atoms with Gasteiger partial charge in [0, 0.05) is 10.6 Å². The molecule has 0 amide bonds. The van der Waals surface area contributed by atoms with Crippen LogP contribution in [0.4, 0.5) is 0 Å². The summed E-state index contributed by atoms with van der Waals surface area (Å²) < 4.78 is 0. The van der Waals surface area contributed by atoms with Gasteiger partial charge in [0.05, 0.1) is 0 Å². The number of carboxylic acid groups (broad SMARTS) is 1. The number of rotatable bonds is 5. The van der Waals surface area contributed by atoms with Crippen LogP contribution in [0.15, 0.2) is 29.2 Å². The molecule has 0 aliphatic carbocycles. The Kier molecular flexibility index (Phi) is 4.65. The molecule has 15 heavy (non-hydrogen) atoms. The molecule has 0 aliphatic rings. The summed E-state index contributed by atoms with van der Waals surface area (Å²) in [7, 11) is 0. The molecule has 1 aromatic carbocycles. The monoisotopic (exact) mass is 225 g/mol. The van der Waals surface area contributed by atoms with E-state index in [2.05, 4.69) is 0 Å². The van der Waals surface area contributed by atoms with Crippen LogP contribution in [0.1, 0.15) is 12.0 Å². The highest BCUT2D eigenvalue weighted by Crippen LogP contribution is 2.22. The molecule has 0 bridgehead atoms. The van der Waals surface area contributed by atoms with E-state index < -0.39 is 12.0 Å². The lowest BCUT2D eigenvalue weighted by atomic mass is 10.2. The predicted molar refractivity (Wildman–Crippen MR) is 62.1 cm³/mol. The van der Waals surface area contributed by atoms with Crippen molar-refractivity contribution in [2.45, 2.75) is 24.3 Å².